The third-order valence-corrected chi connectivity index (χ3v) is 11.1. The third kappa shape index (κ3) is 5.16. The van der Waals surface area contributed by atoms with Crippen LogP contribution in [0.15, 0.2) is 72.8 Å². The van der Waals surface area contributed by atoms with Crippen LogP contribution in [0.4, 0.5) is 0 Å². The standard InChI is InChI=1S/C35H34IN3O8/c36-25-11-4-3-9-24(25)19-39-29-32(42)44-26-17-35(29,33(43)38-18-20-6-5-10-21(14-20)31(41)37-12-13-40)30(47-39)28-27(26)45-34(46-28)15-22-7-1-2-8-23(22)16-34/h1-11,14,26-30,40H,12-13,15-19H2,(H,37,41)(H,38,43). The van der Waals surface area contributed by atoms with E-state index in [1.165, 1.54) is 0 Å². The average molecular weight is 752 g/mol. The number of amides is 2. The van der Waals surface area contributed by atoms with E-state index < -0.39 is 47.6 Å². The number of carbonyl (C=O) groups is 3. The fourth-order valence-electron chi connectivity index (χ4n) is 7.99. The minimum absolute atomic E-state index is 0.127. The number of aliphatic hydroxyl groups is 1. The highest BCUT2D eigenvalue weighted by molar-refractivity contribution is 14.1. The molecule has 3 aromatic rings. The molecule has 5 aliphatic rings. The smallest absolute Gasteiger partial charge is 0.327 e. The maximum Gasteiger partial charge on any atom is 0.327 e. The van der Waals surface area contributed by atoms with Crippen molar-refractivity contribution in [1.82, 2.24) is 15.7 Å². The van der Waals surface area contributed by atoms with Crippen LogP contribution in [-0.4, -0.2) is 77.3 Å². The summed E-state index contributed by atoms with van der Waals surface area (Å²) in [5.41, 5.74) is 3.07. The molecule has 4 fully saturated rings. The number of ether oxygens (including phenoxy) is 3. The highest BCUT2D eigenvalue weighted by atomic mass is 127. The van der Waals surface area contributed by atoms with E-state index in [-0.39, 0.29) is 44.5 Å². The molecule has 11 nitrogen and oxygen atoms in total. The van der Waals surface area contributed by atoms with Crippen LogP contribution in [0.25, 0.3) is 0 Å². The Labute approximate surface area is 285 Å². The summed E-state index contributed by atoms with van der Waals surface area (Å²) in [5.74, 6) is -2.11. The zero-order valence-electron chi connectivity index (χ0n) is 25.4. The van der Waals surface area contributed by atoms with E-state index in [1.54, 1.807) is 23.3 Å². The maximum atomic E-state index is 14.6. The lowest BCUT2D eigenvalue weighted by molar-refractivity contribution is -0.217. The van der Waals surface area contributed by atoms with Gasteiger partial charge in [-0.25, -0.2) is 0 Å². The van der Waals surface area contributed by atoms with Gasteiger partial charge in [0.05, 0.1) is 13.2 Å². The van der Waals surface area contributed by atoms with Gasteiger partial charge in [-0.05, 0) is 63.0 Å². The first kappa shape index (κ1) is 30.9. The number of hydrogen-bond acceptors (Lipinski definition) is 9. The molecule has 1 spiro atoms. The number of rotatable bonds is 8. The summed E-state index contributed by atoms with van der Waals surface area (Å²) in [5, 5.41) is 16.4. The van der Waals surface area contributed by atoms with Gasteiger partial charge in [0, 0.05) is 41.5 Å². The summed E-state index contributed by atoms with van der Waals surface area (Å²) in [6, 6.07) is 21.9. The highest BCUT2D eigenvalue weighted by Gasteiger charge is 2.76. The molecule has 6 unspecified atom stereocenters. The zero-order chi connectivity index (χ0) is 32.3. The van der Waals surface area contributed by atoms with Gasteiger partial charge in [-0.2, -0.15) is 5.06 Å². The molecule has 0 radical (unpaired) electrons. The topological polar surface area (TPSA) is 136 Å². The summed E-state index contributed by atoms with van der Waals surface area (Å²) in [6.45, 7) is 0.377. The van der Waals surface area contributed by atoms with Crippen LogP contribution < -0.4 is 10.6 Å². The van der Waals surface area contributed by atoms with Gasteiger partial charge in [0.1, 0.15) is 29.8 Å². The number of nitrogens with zero attached hydrogens (tertiary/aromatic N) is 1. The molecule has 47 heavy (non-hydrogen) atoms. The minimum Gasteiger partial charge on any atom is -0.458 e. The summed E-state index contributed by atoms with van der Waals surface area (Å²) in [4.78, 5) is 47.7. The van der Waals surface area contributed by atoms with Crippen molar-refractivity contribution in [2.75, 3.05) is 13.2 Å². The molecule has 2 bridgehead atoms. The molecule has 244 valence electrons. The molecule has 6 atom stereocenters. The number of hydrogen-bond donors (Lipinski definition) is 3. The summed E-state index contributed by atoms with van der Waals surface area (Å²) >= 11 is 2.26. The molecule has 2 aliphatic carbocycles. The van der Waals surface area contributed by atoms with Crippen molar-refractivity contribution >= 4 is 40.4 Å². The van der Waals surface area contributed by atoms with E-state index >= 15 is 0 Å². The van der Waals surface area contributed by atoms with Gasteiger partial charge < -0.3 is 30.0 Å². The van der Waals surface area contributed by atoms with Crippen LogP contribution in [0.5, 0.6) is 0 Å². The lowest BCUT2D eigenvalue weighted by Crippen LogP contribution is -2.69. The second-order valence-electron chi connectivity index (χ2n) is 12.9. The van der Waals surface area contributed by atoms with Crippen molar-refractivity contribution in [2.45, 2.75) is 68.6 Å². The van der Waals surface area contributed by atoms with Gasteiger partial charge in [-0.1, -0.05) is 54.6 Å². The Bertz CT molecular complexity index is 1730. The van der Waals surface area contributed by atoms with E-state index in [1.807, 2.05) is 42.5 Å². The summed E-state index contributed by atoms with van der Waals surface area (Å²) in [6.07, 6.45) is -1.40. The number of hydroxylamine groups is 2. The fraction of sp³-hybridized carbons (Fsp3) is 0.400. The second-order valence-corrected chi connectivity index (χ2v) is 14.0. The van der Waals surface area contributed by atoms with Crippen molar-refractivity contribution in [3.05, 3.63) is 104 Å². The Kier molecular flexibility index (Phi) is 7.85. The van der Waals surface area contributed by atoms with Crippen LogP contribution in [-0.2, 0) is 54.6 Å². The van der Waals surface area contributed by atoms with Crippen molar-refractivity contribution < 1.29 is 38.5 Å². The van der Waals surface area contributed by atoms with Crippen LogP contribution in [0.2, 0.25) is 0 Å². The number of esters is 1. The number of benzene rings is 3. The lowest BCUT2D eigenvalue weighted by Gasteiger charge is -2.48. The van der Waals surface area contributed by atoms with Gasteiger partial charge in [-0.3, -0.25) is 19.2 Å². The highest BCUT2D eigenvalue weighted by Crippen LogP contribution is 2.58. The van der Waals surface area contributed by atoms with Gasteiger partial charge in [0.25, 0.3) is 5.91 Å². The van der Waals surface area contributed by atoms with E-state index in [4.69, 9.17) is 24.2 Å². The summed E-state index contributed by atoms with van der Waals surface area (Å²) in [7, 11) is 0. The largest absolute Gasteiger partial charge is 0.458 e. The minimum atomic E-state index is -1.31. The van der Waals surface area contributed by atoms with E-state index in [0.29, 0.717) is 24.0 Å². The first-order valence-electron chi connectivity index (χ1n) is 15.9. The average Bonchev–Trinajstić information content (AvgIpc) is 3.75. The molecule has 8 rings (SSSR count). The monoisotopic (exact) mass is 751 g/mol. The van der Waals surface area contributed by atoms with E-state index in [9.17, 15) is 14.4 Å². The van der Waals surface area contributed by atoms with Gasteiger partial charge in [-0.15, -0.1) is 0 Å². The zero-order valence-corrected chi connectivity index (χ0v) is 27.6. The predicted molar refractivity (Wildman–Crippen MR) is 174 cm³/mol. The second kappa shape index (κ2) is 11.9. The Balaban J connectivity index is 1.11. The van der Waals surface area contributed by atoms with Gasteiger partial charge in [0.15, 0.2) is 11.8 Å². The SMILES string of the molecule is O=C(NCCO)c1cccc(CNC(=O)C23CC4OC(=O)C2N(Cc2ccccc2I)OC3C2OC3(Cc5ccccc5C3)OC42)c1. The molecule has 3 aliphatic heterocycles. The van der Waals surface area contributed by atoms with Crippen molar-refractivity contribution in [2.24, 2.45) is 5.41 Å². The Morgan fingerprint density at radius 3 is 2.47 bits per heavy atom. The molecular weight excluding hydrogens is 717 g/mol. The van der Waals surface area contributed by atoms with Crippen molar-refractivity contribution in [1.29, 1.82) is 0 Å². The maximum absolute atomic E-state index is 14.6. The molecule has 2 amide bonds. The molecule has 0 aromatic heterocycles. The lowest BCUT2D eigenvalue weighted by atomic mass is 9.62. The summed E-state index contributed by atoms with van der Waals surface area (Å²) < 4.78 is 20.6. The number of aliphatic hydroxyl groups excluding tert-OH is 1. The first-order chi connectivity index (χ1) is 22.8. The Morgan fingerprint density at radius 1 is 0.957 bits per heavy atom. The van der Waals surface area contributed by atoms with Crippen LogP contribution in [0.3, 0.4) is 0 Å². The van der Waals surface area contributed by atoms with Gasteiger partial charge >= 0.3 is 5.97 Å². The molecule has 3 saturated heterocycles. The number of nitrogens with one attached hydrogen (secondary N) is 2. The van der Waals surface area contributed by atoms with Crippen molar-refractivity contribution in [3.8, 4) is 0 Å². The Morgan fingerprint density at radius 2 is 1.70 bits per heavy atom. The predicted octanol–water partition coefficient (Wildman–Crippen LogP) is 2.41. The molecular formula is C35H34IN3O8. The molecule has 3 aromatic carbocycles. The van der Waals surface area contributed by atoms with E-state index in [0.717, 1.165) is 20.3 Å². The number of carbonyl (C=O) groups excluding carboxylic acids is 3. The van der Waals surface area contributed by atoms with Crippen LogP contribution in [0.1, 0.15) is 39.0 Å². The first-order valence-corrected chi connectivity index (χ1v) is 16.9. The van der Waals surface area contributed by atoms with Crippen molar-refractivity contribution in [3.63, 3.8) is 0 Å². The fourth-order valence-corrected chi connectivity index (χ4v) is 8.55. The molecule has 3 N–H and O–H groups in total. The third-order valence-electron chi connectivity index (χ3n) is 10.0. The quantitative estimate of drug-likeness (QED) is 0.235. The van der Waals surface area contributed by atoms with Crippen LogP contribution >= 0.6 is 22.6 Å². The molecule has 1 saturated carbocycles. The number of halogens is 1. The van der Waals surface area contributed by atoms with E-state index in [2.05, 4.69) is 45.4 Å². The van der Waals surface area contributed by atoms with Gasteiger partial charge in [0.2, 0.25) is 5.91 Å². The normalized spacial score (nSPS) is 29.7. The Hall–Kier alpha value is -3.40. The van der Waals surface area contributed by atoms with Crippen LogP contribution in [0, 0.1) is 8.99 Å². The molecule has 12 heteroatoms. The molecule has 3 heterocycles. The number of fused-ring (bicyclic) bond motifs is 5.